The molecule has 0 rings (SSSR count). The molecule has 0 aromatic heterocycles. The fourth-order valence-corrected chi connectivity index (χ4v) is 1.00. The highest BCUT2D eigenvalue weighted by molar-refractivity contribution is 5.67. The van der Waals surface area contributed by atoms with E-state index in [9.17, 15) is 4.79 Å². The van der Waals surface area contributed by atoms with Crippen LogP contribution in [0.4, 0.5) is 4.79 Å². The van der Waals surface area contributed by atoms with Crippen molar-refractivity contribution < 1.29 is 14.6 Å². The van der Waals surface area contributed by atoms with Crippen molar-refractivity contribution in [3.8, 4) is 0 Å². The molecule has 0 aliphatic rings. The third-order valence-electron chi connectivity index (χ3n) is 1.71. The Balaban J connectivity index is 3.35. The summed E-state index contributed by atoms with van der Waals surface area (Å²) < 4.78 is 5.06. The van der Waals surface area contributed by atoms with E-state index in [2.05, 4.69) is 10.6 Å². The molecule has 5 heteroatoms. The van der Waals surface area contributed by atoms with Crippen LogP contribution in [0, 0.1) is 0 Å². The average molecular weight is 232 g/mol. The van der Waals surface area contributed by atoms with E-state index in [1.165, 1.54) is 0 Å². The van der Waals surface area contributed by atoms with Crippen molar-refractivity contribution in [1.29, 1.82) is 0 Å². The van der Waals surface area contributed by atoms with E-state index in [1.54, 1.807) is 6.92 Å². The van der Waals surface area contributed by atoms with Gasteiger partial charge in [-0.2, -0.15) is 0 Å². The SMILES string of the molecule is C[C@H](O)CCNCCNC(=O)OC(C)(C)C. The van der Waals surface area contributed by atoms with Crippen LogP contribution in [0.5, 0.6) is 0 Å². The minimum absolute atomic E-state index is 0.286. The van der Waals surface area contributed by atoms with Crippen molar-refractivity contribution in [2.24, 2.45) is 0 Å². The lowest BCUT2D eigenvalue weighted by atomic mass is 10.2. The number of aliphatic hydroxyl groups excluding tert-OH is 1. The minimum atomic E-state index is -0.455. The molecule has 0 heterocycles. The third kappa shape index (κ3) is 11.3. The second kappa shape index (κ2) is 7.46. The molecule has 0 aromatic carbocycles. The molecular weight excluding hydrogens is 208 g/mol. The van der Waals surface area contributed by atoms with Crippen molar-refractivity contribution in [3.63, 3.8) is 0 Å². The lowest BCUT2D eigenvalue weighted by Gasteiger charge is -2.19. The monoisotopic (exact) mass is 232 g/mol. The van der Waals surface area contributed by atoms with Crippen LogP contribution >= 0.6 is 0 Å². The normalized spacial score (nSPS) is 13.3. The molecule has 3 N–H and O–H groups in total. The maximum atomic E-state index is 11.2. The first-order valence-electron chi connectivity index (χ1n) is 5.67. The first kappa shape index (κ1) is 15.2. The lowest BCUT2D eigenvalue weighted by Crippen LogP contribution is -2.36. The van der Waals surface area contributed by atoms with E-state index in [0.29, 0.717) is 19.5 Å². The Bertz CT molecular complexity index is 200. The van der Waals surface area contributed by atoms with Gasteiger partial charge in [0.2, 0.25) is 0 Å². The summed E-state index contributed by atoms with van der Waals surface area (Å²) in [6.45, 7) is 9.17. The van der Waals surface area contributed by atoms with Gasteiger partial charge in [0.05, 0.1) is 6.10 Å². The van der Waals surface area contributed by atoms with Crippen molar-refractivity contribution >= 4 is 6.09 Å². The fraction of sp³-hybridized carbons (Fsp3) is 0.909. The van der Waals surface area contributed by atoms with E-state index < -0.39 is 11.7 Å². The van der Waals surface area contributed by atoms with Gasteiger partial charge >= 0.3 is 6.09 Å². The van der Waals surface area contributed by atoms with E-state index in [1.807, 2.05) is 20.8 Å². The van der Waals surface area contributed by atoms with Crippen LogP contribution in [-0.2, 0) is 4.74 Å². The van der Waals surface area contributed by atoms with Crippen molar-refractivity contribution in [2.75, 3.05) is 19.6 Å². The van der Waals surface area contributed by atoms with Crippen LogP contribution in [0.15, 0.2) is 0 Å². The summed E-state index contributed by atoms with van der Waals surface area (Å²) >= 11 is 0. The Hall–Kier alpha value is -0.810. The van der Waals surface area contributed by atoms with E-state index in [0.717, 1.165) is 6.54 Å². The Morgan fingerprint density at radius 1 is 1.31 bits per heavy atom. The number of carbonyl (C=O) groups excluding carboxylic acids is 1. The molecule has 0 aromatic rings. The molecule has 0 fully saturated rings. The number of aliphatic hydroxyl groups is 1. The molecule has 1 atom stereocenters. The van der Waals surface area contributed by atoms with E-state index in [-0.39, 0.29) is 6.10 Å². The van der Waals surface area contributed by atoms with Crippen molar-refractivity contribution in [3.05, 3.63) is 0 Å². The van der Waals surface area contributed by atoms with Crippen LogP contribution in [-0.4, -0.2) is 42.5 Å². The Morgan fingerprint density at radius 3 is 2.44 bits per heavy atom. The zero-order chi connectivity index (χ0) is 12.6. The molecule has 0 saturated carbocycles. The van der Waals surface area contributed by atoms with Gasteiger partial charge < -0.3 is 20.5 Å². The van der Waals surface area contributed by atoms with Crippen LogP contribution in [0.2, 0.25) is 0 Å². The highest BCUT2D eigenvalue weighted by atomic mass is 16.6. The van der Waals surface area contributed by atoms with Crippen molar-refractivity contribution in [2.45, 2.75) is 45.8 Å². The minimum Gasteiger partial charge on any atom is -0.444 e. The number of hydrogen-bond acceptors (Lipinski definition) is 4. The van der Waals surface area contributed by atoms with Gasteiger partial charge in [-0.05, 0) is 40.7 Å². The van der Waals surface area contributed by atoms with Gasteiger partial charge in [-0.15, -0.1) is 0 Å². The second-order valence-corrected chi connectivity index (χ2v) is 4.82. The summed E-state index contributed by atoms with van der Waals surface area (Å²) in [5, 5.41) is 14.7. The Morgan fingerprint density at radius 2 is 1.94 bits per heavy atom. The number of alkyl carbamates (subject to hydrolysis) is 1. The number of rotatable bonds is 6. The number of ether oxygens (including phenoxy) is 1. The van der Waals surface area contributed by atoms with E-state index in [4.69, 9.17) is 9.84 Å². The number of hydrogen-bond donors (Lipinski definition) is 3. The summed E-state index contributed by atoms with van der Waals surface area (Å²) in [6, 6.07) is 0. The largest absolute Gasteiger partial charge is 0.444 e. The molecule has 0 aliphatic heterocycles. The molecule has 16 heavy (non-hydrogen) atoms. The smallest absolute Gasteiger partial charge is 0.407 e. The maximum absolute atomic E-state index is 11.2. The fourth-order valence-electron chi connectivity index (χ4n) is 1.00. The van der Waals surface area contributed by atoms with E-state index >= 15 is 0 Å². The topological polar surface area (TPSA) is 70.6 Å². The van der Waals surface area contributed by atoms with Gasteiger partial charge in [-0.1, -0.05) is 0 Å². The van der Waals surface area contributed by atoms with Crippen LogP contribution in [0.3, 0.4) is 0 Å². The molecule has 96 valence electrons. The summed E-state index contributed by atoms with van der Waals surface area (Å²) in [5.74, 6) is 0. The maximum Gasteiger partial charge on any atom is 0.407 e. The van der Waals surface area contributed by atoms with Crippen molar-refractivity contribution in [1.82, 2.24) is 10.6 Å². The molecule has 0 aliphatic carbocycles. The zero-order valence-electron chi connectivity index (χ0n) is 10.7. The van der Waals surface area contributed by atoms with Gasteiger partial charge in [0.1, 0.15) is 5.60 Å². The van der Waals surface area contributed by atoms with Gasteiger partial charge in [0.25, 0.3) is 0 Å². The number of amides is 1. The predicted octanol–water partition coefficient (Wildman–Crippen LogP) is 0.872. The summed E-state index contributed by atoms with van der Waals surface area (Å²) in [4.78, 5) is 11.2. The lowest BCUT2D eigenvalue weighted by molar-refractivity contribution is 0.0528. The molecule has 0 bridgehead atoms. The second-order valence-electron chi connectivity index (χ2n) is 4.82. The van der Waals surface area contributed by atoms with Crippen LogP contribution in [0.1, 0.15) is 34.1 Å². The predicted molar refractivity (Wildman–Crippen MR) is 63.4 cm³/mol. The molecule has 0 saturated heterocycles. The third-order valence-corrected chi connectivity index (χ3v) is 1.71. The molecule has 0 radical (unpaired) electrons. The van der Waals surface area contributed by atoms with Crippen LogP contribution < -0.4 is 10.6 Å². The molecule has 0 spiro atoms. The first-order valence-corrected chi connectivity index (χ1v) is 5.67. The highest BCUT2D eigenvalue weighted by Gasteiger charge is 2.15. The number of nitrogens with one attached hydrogen (secondary N) is 2. The summed E-state index contributed by atoms with van der Waals surface area (Å²) in [7, 11) is 0. The molecule has 1 amide bonds. The molecule has 5 nitrogen and oxygen atoms in total. The average Bonchev–Trinajstić information content (AvgIpc) is 2.07. The van der Waals surface area contributed by atoms with Gasteiger partial charge in [0.15, 0.2) is 0 Å². The zero-order valence-corrected chi connectivity index (χ0v) is 10.7. The standard InChI is InChI=1S/C11H24N2O3/c1-9(14)5-6-12-7-8-13-10(15)16-11(2,3)4/h9,12,14H,5-8H2,1-4H3,(H,13,15)/t9-/m0/s1. The van der Waals surface area contributed by atoms with Gasteiger partial charge in [0, 0.05) is 13.1 Å². The molecule has 0 unspecified atom stereocenters. The Labute approximate surface area is 97.6 Å². The summed E-state index contributed by atoms with van der Waals surface area (Å²) in [5.41, 5.74) is -0.455. The van der Waals surface area contributed by atoms with Gasteiger partial charge in [-0.3, -0.25) is 0 Å². The van der Waals surface area contributed by atoms with Gasteiger partial charge in [-0.25, -0.2) is 4.79 Å². The molecular formula is C11H24N2O3. The first-order chi connectivity index (χ1) is 7.31. The summed E-state index contributed by atoms with van der Waals surface area (Å²) in [6.07, 6.45) is 0.0306. The Kier molecular flexibility index (Phi) is 7.08. The highest BCUT2D eigenvalue weighted by Crippen LogP contribution is 2.05. The quantitative estimate of drug-likeness (QED) is 0.594. The van der Waals surface area contributed by atoms with Crippen LogP contribution in [0.25, 0.3) is 0 Å². The number of carbonyl (C=O) groups is 1.